The average Bonchev–Trinajstić information content (AvgIpc) is 2.73. The molecule has 3 heteroatoms. The van der Waals surface area contributed by atoms with Gasteiger partial charge >= 0.3 is 0 Å². The third-order valence-corrected chi connectivity index (χ3v) is 2.85. The first-order valence-electron chi connectivity index (χ1n) is 5.78. The minimum atomic E-state index is 0.589. The summed E-state index contributed by atoms with van der Waals surface area (Å²) in [6.45, 7) is 8.42. The number of nitrogens with two attached hydrogens (primary N) is 1. The lowest BCUT2D eigenvalue weighted by Gasteiger charge is -2.31. The van der Waals surface area contributed by atoms with E-state index in [1.807, 2.05) is 13.8 Å². The first kappa shape index (κ1) is 13.9. The van der Waals surface area contributed by atoms with Crippen molar-refractivity contribution in [3.63, 3.8) is 0 Å². The predicted molar refractivity (Wildman–Crippen MR) is 61.4 cm³/mol. The third-order valence-electron chi connectivity index (χ3n) is 2.85. The maximum Gasteiger partial charge on any atom is 0.0524 e. The van der Waals surface area contributed by atoms with Crippen LogP contribution >= 0.6 is 0 Å². The van der Waals surface area contributed by atoms with E-state index in [-0.39, 0.29) is 0 Å². The molecule has 0 aliphatic carbocycles. The van der Waals surface area contributed by atoms with E-state index in [1.165, 1.54) is 39.4 Å². The summed E-state index contributed by atoms with van der Waals surface area (Å²) in [5, 5.41) is 3.38. The second kappa shape index (κ2) is 8.21. The molecule has 0 aromatic heterocycles. The molecule has 2 aliphatic rings. The number of rotatable bonds is 0. The summed E-state index contributed by atoms with van der Waals surface area (Å²) in [6, 6.07) is 0. The lowest BCUT2D eigenvalue weighted by Crippen LogP contribution is -2.36. The first-order chi connectivity index (χ1) is 6.91. The van der Waals surface area contributed by atoms with Gasteiger partial charge in [0, 0.05) is 6.61 Å². The minimum absolute atomic E-state index is 0.589. The molecule has 86 valence electrons. The molecule has 2 heterocycles. The monoisotopic (exact) mass is 202 g/mol. The van der Waals surface area contributed by atoms with Crippen LogP contribution in [0.4, 0.5) is 0 Å². The van der Waals surface area contributed by atoms with E-state index in [4.69, 9.17) is 4.74 Å². The van der Waals surface area contributed by atoms with Gasteiger partial charge in [-0.25, -0.2) is 0 Å². The van der Waals surface area contributed by atoms with E-state index in [2.05, 4.69) is 11.1 Å². The fourth-order valence-corrected chi connectivity index (χ4v) is 2.00. The van der Waals surface area contributed by atoms with E-state index in [9.17, 15) is 0 Å². The van der Waals surface area contributed by atoms with Gasteiger partial charge in [0.15, 0.2) is 0 Å². The first-order valence-corrected chi connectivity index (χ1v) is 5.78. The Morgan fingerprint density at radius 2 is 1.64 bits per heavy atom. The van der Waals surface area contributed by atoms with Gasteiger partial charge in [-0.05, 0) is 44.8 Å². The topological polar surface area (TPSA) is 47.3 Å². The SMILES string of the molecule is C1CC2(CCN1)CCOC2.CC.CN. The van der Waals surface area contributed by atoms with Gasteiger partial charge in [0.2, 0.25) is 0 Å². The number of ether oxygens (including phenoxy) is 1. The number of hydrogen-bond acceptors (Lipinski definition) is 3. The highest BCUT2D eigenvalue weighted by atomic mass is 16.5. The molecular formula is C11H26N2O. The number of hydrogen-bond donors (Lipinski definition) is 2. The molecule has 0 atom stereocenters. The van der Waals surface area contributed by atoms with Gasteiger partial charge in [-0.1, -0.05) is 13.8 Å². The van der Waals surface area contributed by atoms with Crippen LogP contribution < -0.4 is 11.1 Å². The van der Waals surface area contributed by atoms with Crippen molar-refractivity contribution < 1.29 is 4.74 Å². The second-order valence-electron chi connectivity index (χ2n) is 3.55. The van der Waals surface area contributed by atoms with Crippen molar-refractivity contribution >= 4 is 0 Å². The van der Waals surface area contributed by atoms with Crippen LogP contribution in [0.3, 0.4) is 0 Å². The van der Waals surface area contributed by atoms with Crippen LogP contribution in [0, 0.1) is 5.41 Å². The molecule has 0 aromatic rings. The molecule has 2 fully saturated rings. The highest BCUT2D eigenvalue weighted by molar-refractivity contribution is 4.87. The summed E-state index contributed by atoms with van der Waals surface area (Å²) in [5.41, 5.74) is 5.09. The van der Waals surface area contributed by atoms with E-state index >= 15 is 0 Å². The summed E-state index contributed by atoms with van der Waals surface area (Å²) in [5.74, 6) is 0. The van der Waals surface area contributed by atoms with Gasteiger partial charge in [-0.15, -0.1) is 0 Å². The fraction of sp³-hybridized carbons (Fsp3) is 1.00. The van der Waals surface area contributed by atoms with Crippen LogP contribution in [0.1, 0.15) is 33.1 Å². The largest absolute Gasteiger partial charge is 0.381 e. The number of nitrogens with one attached hydrogen (secondary N) is 1. The molecule has 0 bridgehead atoms. The van der Waals surface area contributed by atoms with Crippen molar-refractivity contribution in [3.05, 3.63) is 0 Å². The van der Waals surface area contributed by atoms with Crippen molar-refractivity contribution in [3.8, 4) is 0 Å². The standard InChI is InChI=1S/C8H15NO.C2H6.CH5N/c1-4-9-5-2-8(1)3-6-10-7-8;2*1-2/h9H,1-7H2;1-2H3;2H2,1H3. The molecule has 0 aromatic carbocycles. The zero-order valence-electron chi connectivity index (χ0n) is 9.94. The van der Waals surface area contributed by atoms with Crippen LogP contribution in [0.25, 0.3) is 0 Å². The Morgan fingerprint density at radius 1 is 1.07 bits per heavy atom. The Labute approximate surface area is 88.4 Å². The quantitative estimate of drug-likeness (QED) is 0.624. The molecule has 1 spiro atoms. The molecule has 2 saturated heterocycles. The van der Waals surface area contributed by atoms with Crippen molar-refractivity contribution in [1.82, 2.24) is 5.32 Å². The van der Waals surface area contributed by atoms with Gasteiger partial charge in [-0.3, -0.25) is 0 Å². The molecule has 2 rings (SSSR count). The molecule has 0 unspecified atom stereocenters. The van der Waals surface area contributed by atoms with Gasteiger partial charge in [-0.2, -0.15) is 0 Å². The van der Waals surface area contributed by atoms with E-state index in [0.29, 0.717) is 5.41 Å². The molecule has 14 heavy (non-hydrogen) atoms. The lowest BCUT2D eigenvalue weighted by molar-refractivity contribution is 0.128. The van der Waals surface area contributed by atoms with Gasteiger partial charge in [0.25, 0.3) is 0 Å². The molecular weight excluding hydrogens is 176 g/mol. The van der Waals surface area contributed by atoms with Crippen LogP contribution in [0.15, 0.2) is 0 Å². The minimum Gasteiger partial charge on any atom is -0.381 e. The third kappa shape index (κ3) is 3.95. The van der Waals surface area contributed by atoms with Crippen LogP contribution in [0.5, 0.6) is 0 Å². The van der Waals surface area contributed by atoms with Crippen molar-refractivity contribution in [2.24, 2.45) is 11.1 Å². The zero-order valence-corrected chi connectivity index (χ0v) is 9.94. The van der Waals surface area contributed by atoms with Crippen molar-refractivity contribution in [2.75, 3.05) is 33.4 Å². The van der Waals surface area contributed by atoms with Crippen LogP contribution in [-0.4, -0.2) is 33.4 Å². The fourth-order valence-electron chi connectivity index (χ4n) is 2.00. The maximum absolute atomic E-state index is 5.41. The maximum atomic E-state index is 5.41. The Bertz CT molecular complexity index is 114. The molecule has 0 amide bonds. The summed E-state index contributed by atoms with van der Waals surface area (Å²) in [7, 11) is 1.50. The highest BCUT2D eigenvalue weighted by Gasteiger charge is 2.35. The van der Waals surface area contributed by atoms with E-state index in [0.717, 1.165) is 13.2 Å². The summed E-state index contributed by atoms with van der Waals surface area (Å²) >= 11 is 0. The smallest absolute Gasteiger partial charge is 0.0524 e. The van der Waals surface area contributed by atoms with Gasteiger partial charge in [0.1, 0.15) is 0 Å². The normalized spacial score (nSPS) is 23.1. The van der Waals surface area contributed by atoms with Crippen LogP contribution in [0.2, 0.25) is 0 Å². The predicted octanol–water partition coefficient (Wildman–Crippen LogP) is 1.38. The lowest BCUT2D eigenvalue weighted by atomic mass is 9.79. The highest BCUT2D eigenvalue weighted by Crippen LogP contribution is 2.36. The Kier molecular flexibility index (Phi) is 8.14. The molecule has 2 aliphatic heterocycles. The van der Waals surface area contributed by atoms with E-state index < -0.39 is 0 Å². The zero-order chi connectivity index (χ0) is 10.9. The van der Waals surface area contributed by atoms with Crippen LogP contribution in [-0.2, 0) is 4.74 Å². The Morgan fingerprint density at radius 3 is 2.07 bits per heavy atom. The second-order valence-corrected chi connectivity index (χ2v) is 3.55. The molecule has 0 radical (unpaired) electrons. The molecule has 0 saturated carbocycles. The molecule has 3 nitrogen and oxygen atoms in total. The summed E-state index contributed by atoms with van der Waals surface area (Å²) in [4.78, 5) is 0. The summed E-state index contributed by atoms with van der Waals surface area (Å²) < 4.78 is 5.41. The van der Waals surface area contributed by atoms with Crippen molar-refractivity contribution in [1.29, 1.82) is 0 Å². The Hall–Kier alpha value is -0.120. The average molecular weight is 202 g/mol. The summed E-state index contributed by atoms with van der Waals surface area (Å²) in [6.07, 6.45) is 3.95. The van der Waals surface area contributed by atoms with Crippen molar-refractivity contribution in [2.45, 2.75) is 33.1 Å². The number of piperidine rings is 1. The molecule has 3 N–H and O–H groups in total. The van der Waals surface area contributed by atoms with E-state index in [1.54, 1.807) is 0 Å². The van der Waals surface area contributed by atoms with Gasteiger partial charge < -0.3 is 15.8 Å². The Balaban J connectivity index is 0.000000379. The van der Waals surface area contributed by atoms with Gasteiger partial charge in [0.05, 0.1) is 6.61 Å².